The molecule has 36 heavy (non-hydrogen) atoms. The fraction of sp³-hybridized carbons (Fsp3) is 0.258. The minimum Gasteiger partial charge on any atom is -0.205 e. The molecule has 3 nitrogen and oxygen atoms in total. The molecule has 0 unspecified atom stereocenters. The Morgan fingerprint density at radius 3 is 2.36 bits per heavy atom. The Balaban J connectivity index is 1.53. The number of rotatable bonds is 7. The highest BCUT2D eigenvalue weighted by atomic mass is 19.1. The van der Waals surface area contributed by atoms with Gasteiger partial charge in [0.1, 0.15) is 23.3 Å². The molecule has 0 aliphatic heterocycles. The van der Waals surface area contributed by atoms with Crippen molar-refractivity contribution in [3.63, 3.8) is 0 Å². The van der Waals surface area contributed by atoms with E-state index in [1.165, 1.54) is 35.6 Å². The molecule has 0 saturated carbocycles. The van der Waals surface area contributed by atoms with Crippen LogP contribution in [0, 0.1) is 34.8 Å². The van der Waals surface area contributed by atoms with Crippen LogP contribution in [0.25, 0.3) is 6.08 Å². The van der Waals surface area contributed by atoms with Gasteiger partial charge in [-0.25, -0.2) is 8.78 Å². The van der Waals surface area contributed by atoms with Gasteiger partial charge in [-0.05, 0) is 72.7 Å². The van der Waals surface area contributed by atoms with Gasteiger partial charge < -0.3 is 0 Å². The fourth-order valence-electron chi connectivity index (χ4n) is 4.28. The first-order chi connectivity index (χ1) is 17.5. The third-order valence-corrected chi connectivity index (χ3v) is 6.14. The Kier molecular flexibility index (Phi) is 8.03. The molecule has 3 aromatic rings. The second kappa shape index (κ2) is 11.6. The van der Waals surface area contributed by atoms with Crippen LogP contribution in [0.2, 0.25) is 0 Å². The Labute approximate surface area is 211 Å². The lowest BCUT2D eigenvalue weighted by Crippen LogP contribution is -1.90. The van der Waals surface area contributed by atoms with E-state index >= 15 is 0 Å². The third-order valence-electron chi connectivity index (χ3n) is 6.14. The molecule has 4 rings (SSSR count). The maximum absolute atomic E-state index is 13.8. The predicted octanol–water partition coefficient (Wildman–Crippen LogP) is 8.73. The maximum Gasteiger partial charge on any atom is 0.146 e. The Morgan fingerprint density at radius 1 is 0.861 bits per heavy atom. The fourth-order valence-corrected chi connectivity index (χ4v) is 4.28. The third kappa shape index (κ3) is 5.93. The molecule has 0 saturated heterocycles. The van der Waals surface area contributed by atoms with E-state index in [1.807, 2.05) is 12.1 Å². The molecule has 3 aromatic carbocycles. The number of aryl methyl sites for hydroxylation is 1. The number of allylic oxidation sites excluding steroid dienone is 1. The SMILES string of the molecule is CCCCC1=Cc2ccc(C#Cc3ccc(/N=N\c4cc(F)c(C#N)c(F)c4)cc3CCC)cc2C1. The number of nitriles is 1. The summed E-state index contributed by atoms with van der Waals surface area (Å²) in [5.74, 6) is 4.71. The standard InChI is InChI=1S/C31H27F2N3/c1-3-5-7-22-15-25-11-9-21(14-26(25)16-22)8-10-23-12-13-27(17-24(23)6-4-2)35-36-28-18-30(32)29(20-34)31(33)19-28/h9,11-15,17-19H,3-7,16H2,1-2H3/b36-35-. The van der Waals surface area contributed by atoms with Gasteiger partial charge in [0.25, 0.3) is 0 Å². The summed E-state index contributed by atoms with van der Waals surface area (Å²) in [6.45, 7) is 4.31. The van der Waals surface area contributed by atoms with Crippen LogP contribution in [0.15, 0.2) is 64.3 Å². The van der Waals surface area contributed by atoms with Gasteiger partial charge in [-0.3, -0.25) is 0 Å². The van der Waals surface area contributed by atoms with E-state index in [4.69, 9.17) is 5.26 Å². The minimum absolute atomic E-state index is 0.00820. The van der Waals surface area contributed by atoms with Crippen molar-refractivity contribution in [1.29, 1.82) is 5.26 Å². The van der Waals surface area contributed by atoms with Crippen molar-refractivity contribution in [1.82, 2.24) is 0 Å². The molecule has 5 heteroatoms. The maximum atomic E-state index is 13.8. The highest BCUT2D eigenvalue weighted by molar-refractivity contribution is 5.65. The number of hydrogen-bond donors (Lipinski definition) is 0. The van der Waals surface area contributed by atoms with Crippen molar-refractivity contribution in [2.75, 3.05) is 0 Å². The van der Waals surface area contributed by atoms with Crippen LogP contribution in [0.3, 0.4) is 0 Å². The normalized spacial score (nSPS) is 12.1. The van der Waals surface area contributed by atoms with Gasteiger partial charge >= 0.3 is 0 Å². The van der Waals surface area contributed by atoms with Crippen LogP contribution in [0.1, 0.15) is 72.9 Å². The zero-order valence-electron chi connectivity index (χ0n) is 20.5. The van der Waals surface area contributed by atoms with Crippen LogP contribution in [0.4, 0.5) is 20.2 Å². The highest BCUT2D eigenvalue weighted by Crippen LogP contribution is 2.29. The molecule has 0 heterocycles. The van der Waals surface area contributed by atoms with Gasteiger partial charge in [-0.15, -0.1) is 0 Å². The Morgan fingerprint density at radius 2 is 1.64 bits per heavy atom. The molecular weight excluding hydrogens is 452 g/mol. The molecule has 0 atom stereocenters. The van der Waals surface area contributed by atoms with Gasteiger partial charge in [-0.2, -0.15) is 15.5 Å². The number of hydrogen-bond acceptors (Lipinski definition) is 3. The largest absolute Gasteiger partial charge is 0.205 e. The number of benzene rings is 3. The van der Waals surface area contributed by atoms with Gasteiger partial charge in [0.15, 0.2) is 0 Å². The van der Waals surface area contributed by atoms with Crippen molar-refractivity contribution < 1.29 is 8.78 Å². The number of fused-ring (bicyclic) bond motifs is 1. The summed E-state index contributed by atoms with van der Waals surface area (Å²) >= 11 is 0. The van der Waals surface area contributed by atoms with E-state index in [9.17, 15) is 8.78 Å². The molecule has 1 aliphatic carbocycles. The minimum atomic E-state index is -0.955. The predicted molar refractivity (Wildman–Crippen MR) is 139 cm³/mol. The van der Waals surface area contributed by atoms with E-state index in [0.717, 1.165) is 54.5 Å². The summed E-state index contributed by atoms with van der Waals surface area (Å²) in [6, 6.07) is 15.5. The average molecular weight is 480 g/mol. The Bertz CT molecular complexity index is 1430. The quantitative estimate of drug-likeness (QED) is 0.247. The number of nitrogens with zero attached hydrogens (tertiary/aromatic N) is 3. The number of azo groups is 1. The van der Waals surface area contributed by atoms with Crippen LogP contribution in [0.5, 0.6) is 0 Å². The average Bonchev–Trinajstić information content (AvgIpc) is 3.28. The smallest absolute Gasteiger partial charge is 0.146 e. The molecule has 180 valence electrons. The van der Waals surface area contributed by atoms with Gasteiger partial charge in [0.2, 0.25) is 0 Å². The monoisotopic (exact) mass is 479 g/mol. The first-order valence-corrected chi connectivity index (χ1v) is 12.3. The molecule has 0 bridgehead atoms. The number of halogens is 2. The van der Waals surface area contributed by atoms with E-state index in [2.05, 4.69) is 60.2 Å². The molecule has 1 aliphatic rings. The first-order valence-electron chi connectivity index (χ1n) is 12.3. The van der Waals surface area contributed by atoms with Crippen LogP contribution in [-0.4, -0.2) is 0 Å². The van der Waals surface area contributed by atoms with Crippen LogP contribution < -0.4 is 0 Å². The summed E-state index contributed by atoms with van der Waals surface area (Å²) in [4.78, 5) is 0. The van der Waals surface area contributed by atoms with Crippen molar-refractivity contribution in [2.45, 2.75) is 52.4 Å². The lowest BCUT2D eigenvalue weighted by atomic mass is 10.0. The zero-order chi connectivity index (χ0) is 25.5. The summed E-state index contributed by atoms with van der Waals surface area (Å²) < 4.78 is 27.7. The molecule has 0 amide bonds. The van der Waals surface area contributed by atoms with Crippen molar-refractivity contribution in [2.24, 2.45) is 10.2 Å². The van der Waals surface area contributed by atoms with Crippen LogP contribution >= 0.6 is 0 Å². The molecule has 0 spiro atoms. The topological polar surface area (TPSA) is 48.5 Å². The molecule has 0 fully saturated rings. The second-order valence-electron chi connectivity index (χ2n) is 8.93. The molecule has 0 N–H and O–H groups in total. The van der Waals surface area contributed by atoms with E-state index in [0.29, 0.717) is 5.69 Å². The summed E-state index contributed by atoms with van der Waals surface area (Å²) in [6.07, 6.45) is 8.68. The van der Waals surface area contributed by atoms with Gasteiger partial charge in [-0.1, -0.05) is 56.2 Å². The number of unbranched alkanes of at least 4 members (excludes halogenated alkanes) is 1. The first kappa shape index (κ1) is 25.0. The van der Waals surface area contributed by atoms with E-state index in [1.54, 1.807) is 6.07 Å². The van der Waals surface area contributed by atoms with Crippen molar-refractivity contribution in [3.8, 4) is 17.9 Å². The highest BCUT2D eigenvalue weighted by Gasteiger charge is 2.13. The summed E-state index contributed by atoms with van der Waals surface area (Å²) in [5, 5.41) is 16.9. The van der Waals surface area contributed by atoms with Crippen molar-refractivity contribution in [3.05, 3.63) is 99.1 Å². The Hall–Kier alpha value is -4.09. The molecular formula is C31H27F2N3. The van der Waals surface area contributed by atoms with E-state index in [-0.39, 0.29) is 5.69 Å². The van der Waals surface area contributed by atoms with Crippen LogP contribution in [-0.2, 0) is 12.8 Å². The van der Waals surface area contributed by atoms with E-state index < -0.39 is 17.2 Å². The second-order valence-corrected chi connectivity index (χ2v) is 8.93. The lowest BCUT2D eigenvalue weighted by Gasteiger charge is -2.05. The summed E-state index contributed by atoms with van der Waals surface area (Å²) in [7, 11) is 0. The van der Waals surface area contributed by atoms with Gasteiger partial charge in [0, 0.05) is 23.3 Å². The molecule has 0 aromatic heterocycles. The summed E-state index contributed by atoms with van der Waals surface area (Å²) in [5.41, 5.74) is 7.05. The zero-order valence-corrected chi connectivity index (χ0v) is 20.5. The molecule has 0 radical (unpaired) electrons. The van der Waals surface area contributed by atoms with Crippen molar-refractivity contribution >= 4 is 17.5 Å². The lowest BCUT2D eigenvalue weighted by molar-refractivity contribution is 0.577. The van der Waals surface area contributed by atoms with Gasteiger partial charge in [0.05, 0.1) is 11.4 Å².